The molecule has 0 radical (unpaired) electrons. The van der Waals surface area contributed by atoms with Crippen molar-refractivity contribution in [1.29, 1.82) is 0 Å². The molecule has 1 aromatic carbocycles. The Kier molecular flexibility index (Phi) is 4.91. The Labute approximate surface area is 154 Å². The zero-order valence-electron chi connectivity index (χ0n) is 14.9. The lowest BCUT2D eigenvalue weighted by Crippen LogP contribution is -2.46. The first kappa shape index (κ1) is 16.8. The van der Waals surface area contributed by atoms with Gasteiger partial charge in [-0.2, -0.15) is 0 Å². The number of nitrogens with zero attached hydrogens (tertiary/aromatic N) is 2. The van der Waals surface area contributed by atoms with E-state index < -0.39 is 0 Å². The zero-order chi connectivity index (χ0) is 17.2. The number of hydrogen-bond donors (Lipinski definition) is 0. The Bertz CT molecular complexity index is 721. The van der Waals surface area contributed by atoms with Gasteiger partial charge in [0.15, 0.2) is 0 Å². The molecule has 1 amide bonds. The van der Waals surface area contributed by atoms with Crippen molar-refractivity contribution in [2.75, 3.05) is 19.6 Å². The van der Waals surface area contributed by atoms with E-state index in [1.165, 1.54) is 23.3 Å². The predicted molar refractivity (Wildman–Crippen MR) is 103 cm³/mol. The standard InChI is InChI=1S/C21H26N2OS/c1-2-18-17-11-15-25-19(17)10-14-23(18)21(24)20(22-12-6-7-13-22)16-8-4-3-5-9-16/h3-5,8-9,11,15,18,20H,2,6-7,10,12-14H2,1H3. The number of benzene rings is 1. The summed E-state index contributed by atoms with van der Waals surface area (Å²) >= 11 is 1.84. The molecule has 0 bridgehead atoms. The van der Waals surface area contributed by atoms with E-state index in [9.17, 15) is 4.79 Å². The SMILES string of the molecule is CCC1c2ccsc2CCN1C(=O)C(c1ccccc1)N1CCCC1. The first-order chi connectivity index (χ1) is 12.3. The Balaban J connectivity index is 1.66. The van der Waals surface area contributed by atoms with Gasteiger partial charge in [-0.3, -0.25) is 9.69 Å². The molecule has 1 fully saturated rings. The summed E-state index contributed by atoms with van der Waals surface area (Å²) in [6.07, 6.45) is 4.37. The van der Waals surface area contributed by atoms with Gasteiger partial charge in [-0.25, -0.2) is 0 Å². The highest BCUT2D eigenvalue weighted by Gasteiger charge is 2.37. The van der Waals surface area contributed by atoms with Gasteiger partial charge in [-0.1, -0.05) is 37.3 Å². The summed E-state index contributed by atoms with van der Waals surface area (Å²) in [6, 6.07) is 12.7. The number of amides is 1. The number of hydrogen-bond acceptors (Lipinski definition) is 3. The summed E-state index contributed by atoms with van der Waals surface area (Å²) in [5.41, 5.74) is 2.51. The van der Waals surface area contributed by atoms with Crippen LogP contribution in [0.15, 0.2) is 41.8 Å². The van der Waals surface area contributed by atoms with Crippen LogP contribution in [0.4, 0.5) is 0 Å². The molecular formula is C21H26N2OS. The molecule has 1 aromatic heterocycles. The van der Waals surface area contributed by atoms with Crippen LogP contribution in [0.25, 0.3) is 0 Å². The van der Waals surface area contributed by atoms with Crippen LogP contribution in [-0.4, -0.2) is 35.3 Å². The third kappa shape index (κ3) is 3.13. The number of rotatable bonds is 4. The summed E-state index contributed by atoms with van der Waals surface area (Å²) in [6.45, 7) is 5.10. The van der Waals surface area contributed by atoms with Crippen LogP contribution in [0, 0.1) is 0 Å². The average Bonchev–Trinajstić information content (AvgIpc) is 3.33. The molecule has 2 aliphatic rings. The van der Waals surface area contributed by atoms with E-state index in [1.54, 1.807) is 0 Å². The van der Waals surface area contributed by atoms with Gasteiger partial charge in [0.1, 0.15) is 6.04 Å². The third-order valence-corrected chi connectivity index (χ3v) is 6.62. The maximum absolute atomic E-state index is 13.7. The van der Waals surface area contributed by atoms with Crippen molar-refractivity contribution in [2.45, 2.75) is 44.7 Å². The molecule has 4 rings (SSSR count). The van der Waals surface area contributed by atoms with Gasteiger partial charge in [0.25, 0.3) is 0 Å². The second-order valence-corrected chi connectivity index (χ2v) is 8.06. The average molecular weight is 355 g/mol. The van der Waals surface area contributed by atoms with Crippen LogP contribution in [0.3, 0.4) is 0 Å². The fourth-order valence-corrected chi connectivity index (χ4v) is 5.33. The van der Waals surface area contributed by atoms with Crippen LogP contribution in [0.1, 0.15) is 54.3 Å². The maximum Gasteiger partial charge on any atom is 0.245 e. The summed E-state index contributed by atoms with van der Waals surface area (Å²) in [5, 5.41) is 2.18. The third-order valence-electron chi connectivity index (χ3n) is 5.62. The number of carbonyl (C=O) groups is 1. The number of fused-ring (bicyclic) bond motifs is 1. The van der Waals surface area contributed by atoms with Gasteiger partial charge in [0.05, 0.1) is 6.04 Å². The molecule has 132 valence electrons. The highest BCUT2D eigenvalue weighted by molar-refractivity contribution is 7.10. The molecule has 0 spiro atoms. The van der Waals surface area contributed by atoms with Gasteiger partial charge in [-0.05, 0) is 61.3 Å². The molecule has 1 saturated heterocycles. The minimum Gasteiger partial charge on any atom is -0.334 e. The van der Waals surface area contributed by atoms with Gasteiger partial charge in [0.2, 0.25) is 5.91 Å². The maximum atomic E-state index is 13.7. The number of likely N-dealkylation sites (tertiary alicyclic amines) is 1. The molecule has 0 N–H and O–H groups in total. The molecule has 2 aromatic rings. The lowest BCUT2D eigenvalue weighted by molar-refractivity contribution is -0.140. The molecule has 2 atom stereocenters. The Hall–Kier alpha value is -1.65. The van der Waals surface area contributed by atoms with E-state index in [2.05, 4.69) is 52.4 Å². The minimum absolute atomic E-state index is 0.127. The lowest BCUT2D eigenvalue weighted by Gasteiger charge is -2.39. The largest absolute Gasteiger partial charge is 0.334 e. The minimum atomic E-state index is -0.127. The van der Waals surface area contributed by atoms with Crippen LogP contribution < -0.4 is 0 Å². The fraction of sp³-hybridized carbons (Fsp3) is 0.476. The topological polar surface area (TPSA) is 23.6 Å². The van der Waals surface area contributed by atoms with Crippen LogP contribution >= 0.6 is 11.3 Å². The predicted octanol–water partition coefficient (Wildman–Crippen LogP) is 4.42. The van der Waals surface area contributed by atoms with E-state index in [0.717, 1.165) is 38.0 Å². The normalized spacial score (nSPS) is 22.0. The molecule has 3 nitrogen and oxygen atoms in total. The molecule has 2 aliphatic heterocycles. The second kappa shape index (κ2) is 7.30. The van der Waals surface area contributed by atoms with Gasteiger partial charge < -0.3 is 4.90 Å². The van der Waals surface area contributed by atoms with Gasteiger partial charge in [-0.15, -0.1) is 11.3 Å². The lowest BCUT2D eigenvalue weighted by atomic mass is 9.95. The van der Waals surface area contributed by atoms with E-state index in [0.29, 0.717) is 0 Å². The highest BCUT2D eigenvalue weighted by Crippen LogP contribution is 2.38. The van der Waals surface area contributed by atoms with Crippen LogP contribution in [-0.2, 0) is 11.2 Å². The molecule has 0 saturated carbocycles. The van der Waals surface area contributed by atoms with Crippen molar-refractivity contribution in [3.63, 3.8) is 0 Å². The summed E-state index contributed by atoms with van der Waals surface area (Å²) in [5.74, 6) is 0.289. The highest BCUT2D eigenvalue weighted by atomic mass is 32.1. The van der Waals surface area contributed by atoms with Crippen molar-refractivity contribution < 1.29 is 4.79 Å². The van der Waals surface area contributed by atoms with Crippen molar-refractivity contribution in [3.8, 4) is 0 Å². The molecule has 3 heterocycles. The van der Waals surface area contributed by atoms with E-state index >= 15 is 0 Å². The summed E-state index contributed by atoms with van der Waals surface area (Å²) in [4.78, 5) is 19.7. The van der Waals surface area contributed by atoms with Crippen molar-refractivity contribution in [1.82, 2.24) is 9.80 Å². The zero-order valence-corrected chi connectivity index (χ0v) is 15.7. The Morgan fingerprint density at radius 3 is 2.64 bits per heavy atom. The Morgan fingerprint density at radius 2 is 1.92 bits per heavy atom. The van der Waals surface area contributed by atoms with Gasteiger partial charge in [0, 0.05) is 11.4 Å². The van der Waals surface area contributed by atoms with Crippen molar-refractivity contribution in [3.05, 3.63) is 57.8 Å². The first-order valence-electron chi connectivity index (χ1n) is 9.45. The smallest absolute Gasteiger partial charge is 0.245 e. The van der Waals surface area contributed by atoms with E-state index in [1.807, 2.05) is 17.4 Å². The molecule has 2 unspecified atom stereocenters. The summed E-state index contributed by atoms with van der Waals surface area (Å²) in [7, 11) is 0. The monoisotopic (exact) mass is 354 g/mol. The first-order valence-corrected chi connectivity index (χ1v) is 10.3. The van der Waals surface area contributed by atoms with Crippen molar-refractivity contribution in [2.24, 2.45) is 0 Å². The van der Waals surface area contributed by atoms with Crippen LogP contribution in [0.2, 0.25) is 0 Å². The second-order valence-electron chi connectivity index (χ2n) is 7.06. The van der Waals surface area contributed by atoms with E-state index in [4.69, 9.17) is 0 Å². The number of carbonyl (C=O) groups excluding carboxylic acids is 1. The quantitative estimate of drug-likeness (QED) is 0.811. The molecule has 0 aliphatic carbocycles. The Morgan fingerprint density at radius 1 is 1.16 bits per heavy atom. The molecule has 25 heavy (non-hydrogen) atoms. The molecular weight excluding hydrogens is 328 g/mol. The fourth-order valence-electron chi connectivity index (χ4n) is 4.40. The van der Waals surface area contributed by atoms with E-state index in [-0.39, 0.29) is 18.0 Å². The van der Waals surface area contributed by atoms with Crippen molar-refractivity contribution >= 4 is 17.2 Å². The molecule has 4 heteroatoms. The van der Waals surface area contributed by atoms with Crippen LogP contribution in [0.5, 0.6) is 0 Å². The summed E-state index contributed by atoms with van der Waals surface area (Å²) < 4.78 is 0. The number of thiophene rings is 1. The van der Waals surface area contributed by atoms with Gasteiger partial charge >= 0.3 is 0 Å².